The van der Waals surface area contributed by atoms with Crippen LogP contribution in [0.25, 0.3) is 53.9 Å². The van der Waals surface area contributed by atoms with E-state index >= 15 is 0 Å². The van der Waals surface area contributed by atoms with Gasteiger partial charge in [0.25, 0.3) is 5.24 Å². The van der Waals surface area contributed by atoms with Crippen LogP contribution in [0.1, 0.15) is 0 Å². The van der Waals surface area contributed by atoms with Crippen LogP contribution in [-0.2, 0) is 0 Å². The lowest BCUT2D eigenvalue weighted by atomic mass is 9.91. The van der Waals surface area contributed by atoms with Crippen molar-refractivity contribution >= 4 is 70.9 Å². The van der Waals surface area contributed by atoms with Gasteiger partial charge in [-0.25, -0.2) is 0 Å². The van der Waals surface area contributed by atoms with E-state index in [-0.39, 0.29) is 5.24 Å². The summed E-state index contributed by atoms with van der Waals surface area (Å²) in [5.74, 6) is 0. The molecule has 0 aliphatic heterocycles. The van der Waals surface area contributed by atoms with Crippen LogP contribution in [0.2, 0.25) is 0 Å². The van der Waals surface area contributed by atoms with Crippen molar-refractivity contribution in [1.29, 1.82) is 0 Å². The molecular weight excluding hydrogens is 410 g/mol. The molecule has 0 radical (unpaired) electrons. The van der Waals surface area contributed by atoms with Crippen LogP contribution in [0.5, 0.6) is 0 Å². The molecule has 0 unspecified atom stereocenters. The Morgan fingerprint density at radius 1 is 0.594 bits per heavy atom. The lowest BCUT2D eigenvalue weighted by Gasteiger charge is -2.14. The van der Waals surface area contributed by atoms with E-state index in [1.54, 1.807) is 19.0 Å². The van der Waals surface area contributed by atoms with E-state index in [1.165, 1.54) is 60.2 Å². The second-order valence-electron chi connectivity index (χ2n) is 8.42. The molecule has 0 heterocycles. The van der Waals surface area contributed by atoms with Gasteiger partial charge in [-0.15, -0.1) is 0 Å². The Bertz CT molecular complexity index is 1690. The van der Waals surface area contributed by atoms with E-state index in [4.69, 9.17) is 0 Å². The summed E-state index contributed by atoms with van der Waals surface area (Å²) >= 11 is 1.27. The van der Waals surface area contributed by atoms with Crippen molar-refractivity contribution in [1.82, 2.24) is 4.90 Å². The van der Waals surface area contributed by atoms with E-state index in [2.05, 4.69) is 91.0 Å². The topological polar surface area (TPSA) is 20.3 Å². The summed E-state index contributed by atoms with van der Waals surface area (Å²) in [7, 11) is 3.57. The molecule has 1 amide bonds. The molecule has 6 aromatic rings. The average Bonchev–Trinajstić information content (AvgIpc) is 2.82. The molecule has 0 fully saturated rings. The van der Waals surface area contributed by atoms with E-state index < -0.39 is 0 Å². The maximum absolute atomic E-state index is 12.2. The summed E-state index contributed by atoms with van der Waals surface area (Å²) < 4.78 is 0. The first-order valence-corrected chi connectivity index (χ1v) is 11.5. The molecular formula is C29H21NOS. The van der Waals surface area contributed by atoms with Crippen molar-refractivity contribution in [3.63, 3.8) is 0 Å². The number of carbonyl (C=O) groups is 1. The van der Waals surface area contributed by atoms with Crippen LogP contribution in [0, 0.1) is 0 Å². The van der Waals surface area contributed by atoms with Gasteiger partial charge >= 0.3 is 0 Å². The highest BCUT2D eigenvalue weighted by atomic mass is 32.2. The summed E-state index contributed by atoms with van der Waals surface area (Å²) in [4.78, 5) is 14.8. The lowest BCUT2D eigenvalue weighted by Crippen LogP contribution is -2.15. The highest BCUT2D eigenvalue weighted by Crippen LogP contribution is 2.40. The number of amides is 1. The second kappa shape index (κ2) is 7.25. The molecule has 0 atom stereocenters. The third-order valence-electron chi connectivity index (χ3n) is 6.23. The van der Waals surface area contributed by atoms with Crippen LogP contribution < -0.4 is 0 Å². The van der Waals surface area contributed by atoms with Crippen molar-refractivity contribution in [3.8, 4) is 0 Å². The summed E-state index contributed by atoms with van der Waals surface area (Å²) in [6.45, 7) is 0. The zero-order valence-electron chi connectivity index (χ0n) is 17.9. The maximum Gasteiger partial charge on any atom is 0.285 e. The number of hydrogen-bond donors (Lipinski definition) is 0. The van der Waals surface area contributed by atoms with E-state index in [0.717, 1.165) is 10.3 Å². The van der Waals surface area contributed by atoms with Crippen molar-refractivity contribution in [2.24, 2.45) is 0 Å². The molecule has 154 valence electrons. The number of nitrogens with zero attached hydrogens (tertiary/aromatic N) is 1. The number of carbonyl (C=O) groups excluding carboxylic acids is 1. The molecule has 6 aromatic carbocycles. The summed E-state index contributed by atoms with van der Waals surface area (Å²) in [5, 5.41) is 12.6. The Balaban J connectivity index is 1.74. The molecule has 0 aliphatic carbocycles. The molecule has 0 bridgehead atoms. The maximum atomic E-state index is 12.2. The minimum Gasteiger partial charge on any atom is -0.339 e. The normalized spacial score (nSPS) is 11.7. The SMILES string of the molecule is CN(C)C(=O)Sc1ccc2c(ccc3ccc4ccc5ccc6ccccc6c5c4c32)c1. The molecule has 0 saturated heterocycles. The first-order valence-electron chi connectivity index (χ1n) is 10.7. The molecule has 2 nitrogen and oxygen atoms in total. The third-order valence-corrected chi connectivity index (χ3v) is 7.26. The smallest absolute Gasteiger partial charge is 0.285 e. The summed E-state index contributed by atoms with van der Waals surface area (Å²) in [6, 6.07) is 32.7. The second-order valence-corrected chi connectivity index (χ2v) is 9.45. The van der Waals surface area contributed by atoms with Crippen LogP contribution in [0.3, 0.4) is 0 Å². The lowest BCUT2D eigenvalue weighted by molar-refractivity contribution is 0.241. The highest BCUT2D eigenvalue weighted by molar-refractivity contribution is 8.13. The van der Waals surface area contributed by atoms with Gasteiger partial charge in [-0.2, -0.15) is 0 Å². The number of benzene rings is 6. The number of thioether (sulfide) groups is 1. The third kappa shape index (κ3) is 2.93. The molecule has 0 saturated carbocycles. The Morgan fingerprint density at radius 3 is 1.78 bits per heavy atom. The average molecular weight is 432 g/mol. The molecule has 6 rings (SSSR count). The van der Waals surface area contributed by atoms with Gasteiger partial charge in [0.2, 0.25) is 0 Å². The molecule has 3 heteroatoms. The molecule has 0 spiro atoms. The van der Waals surface area contributed by atoms with Gasteiger partial charge in [0, 0.05) is 19.0 Å². The summed E-state index contributed by atoms with van der Waals surface area (Å²) in [5.41, 5.74) is 0. The van der Waals surface area contributed by atoms with Gasteiger partial charge in [0.1, 0.15) is 0 Å². The van der Waals surface area contributed by atoms with Gasteiger partial charge in [0.15, 0.2) is 0 Å². The zero-order valence-corrected chi connectivity index (χ0v) is 18.7. The first kappa shape index (κ1) is 19.1. The van der Waals surface area contributed by atoms with E-state index in [9.17, 15) is 4.79 Å². The van der Waals surface area contributed by atoms with Crippen LogP contribution >= 0.6 is 11.8 Å². The molecule has 0 aliphatic rings. The van der Waals surface area contributed by atoms with Gasteiger partial charge in [-0.1, -0.05) is 78.9 Å². The molecule has 0 N–H and O–H groups in total. The van der Waals surface area contributed by atoms with Gasteiger partial charge < -0.3 is 4.90 Å². The number of rotatable bonds is 1. The number of hydrogen-bond acceptors (Lipinski definition) is 2. The Labute approximate surface area is 190 Å². The van der Waals surface area contributed by atoms with Crippen molar-refractivity contribution in [3.05, 3.63) is 91.0 Å². The van der Waals surface area contributed by atoms with Crippen LogP contribution in [0.4, 0.5) is 4.79 Å². The fraction of sp³-hybridized carbons (Fsp3) is 0.0690. The first-order chi connectivity index (χ1) is 15.6. The van der Waals surface area contributed by atoms with E-state index in [0.29, 0.717) is 0 Å². The number of fused-ring (bicyclic) bond motifs is 9. The Morgan fingerprint density at radius 2 is 1.12 bits per heavy atom. The van der Waals surface area contributed by atoms with Crippen molar-refractivity contribution in [2.75, 3.05) is 14.1 Å². The fourth-order valence-corrected chi connectivity index (χ4v) is 5.41. The van der Waals surface area contributed by atoms with Gasteiger partial charge in [-0.3, -0.25) is 4.79 Å². The largest absolute Gasteiger partial charge is 0.339 e. The highest BCUT2D eigenvalue weighted by Gasteiger charge is 2.13. The quantitative estimate of drug-likeness (QED) is 0.193. The molecule has 32 heavy (non-hydrogen) atoms. The van der Waals surface area contributed by atoms with Crippen LogP contribution in [-0.4, -0.2) is 24.2 Å². The van der Waals surface area contributed by atoms with E-state index in [1.807, 2.05) is 0 Å². The van der Waals surface area contributed by atoms with Gasteiger partial charge in [-0.05, 0) is 77.8 Å². The van der Waals surface area contributed by atoms with Gasteiger partial charge in [0.05, 0.1) is 0 Å². The monoisotopic (exact) mass is 431 g/mol. The zero-order chi connectivity index (χ0) is 21.8. The standard InChI is InChI=1S/C29H21NOS/c1-30(2)29(31)32-23-15-16-25-22(17-23)14-13-20-10-12-21-11-9-19-8-7-18-5-3-4-6-24(18)26(19)28(21)27(20)25/h3-17H,1-2H3. The van der Waals surface area contributed by atoms with Crippen LogP contribution in [0.15, 0.2) is 95.9 Å². The van der Waals surface area contributed by atoms with Crippen molar-refractivity contribution in [2.45, 2.75) is 4.90 Å². The fourth-order valence-electron chi connectivity index (χ4n) is 4.70. The predicted octanol–water partition coefficient (Wildman–Crippen LogP) is 8.23. The molecule has 0 aromatic heterocycles. The Hall–Kier alpha value is -3.56. The Kier molecular flexibility index (Phi) is 4.34. The predicted molar refractivity (Wildman–Crippen MR) is 139 cm³/mol. The minimum atomic E-state index is 0.0352. The minimum absolute atomic E-state index is 0.0352. The summed E-state index contributed by atoms with van der Waals surface area (Å²) in [6.07, 6.45) is 0. The van der Waals surface area contributed by atoms with Crippen molar-refractivity contribution < 1.29 is 4.79 Å².